The minimum absolute atomic E-state index is 0.0282. The molecule has 6 heteroatoms. The first-order valence-electron chi connectivity index (χ1n) is 6.90. The summed E-state index contributed by atoms with van der Waals surface area (Å²) < 4.78 is 1.75. The van der Waals surface area contributed by atoms with Gasteiger partial charge in [-0.15, -0.1) is 0 Å². The van der Waals surface area contributed by atoms with Crippen molar-refractivity contribution in [2.45, 2.75) is 19.9 Å². The molecule has 0 radical (unpaired) electrons. The van der Waals surface area contributed by atoms with Crippen molar-refractivity contribution in [2.75, 3.05) is 18.5 Å². The summed E-state index contributed by atoms with van der Waals surface area (Å²) in [6, 6.07) is 9.08. The SMILES string of the molecule is CC(C)N(CCO)C(=O)Nc1ccc(-n2cccn2)cc1. The van der Waals surface area contributed by atoms with Gasteiger partial charge in [-0.25, -0.2) is 9.48 Å². The zero-order chi connectivity index (χ0) is 15.2. The maximum Gasteiger partial charge on any atom is 0.322 e. The lowest BCUT2D eigenvalue weighted by atomic mass is 10.3. The first-order valence-corrected chi connectivity index (χ1v) is 6.90. The number of carbonyl (C=O) groups is 1. The molecule has 1 heterocycles. The number of nitrogens with one attached hydrogen (secondary N) is 1. The lowest BCUT2D eigenvalue weighted by molar-refractivity contribution is 0.172. The van der Waals surface area contributed by atoms with Crippen molar-refractivity contribution in [2.24, 2.45) is 0 Å². The quantitative estimate of drug-likeness (QED) is 0.885. The van der Waals surface area contributed by atoms with E-state index in [0.29, 0.717) is 12.2 Å². The topological polar surface area (TPSA) is 70.4 Å². The Balaban J connectivity index is 2.04. The van der Waals surface area contributed by atoms with Gasteiger partial charge in [0.1, 0.15) is 0 Å². The molecule has 2 amide bonds. The summed E-state index contributed by atoms with van der Waals surface area (Å²) in [4.78, 5) is 13.7. The second-order valence-electron chi connectivity index (χ2n) is 4.94. The molecule has 0 aliphatic rings. The number of hydrogen-bond acceptors (Lipinski definition) is 3. The van der Waals surface area contributed by atoms with Gasteiger partial charge in [0.15, 0.2) is 0 Å². The molecule has 0 atom stereocenters. The van der Waals surface area contributed by atoms with Gasteiger partial charge in [0, 0.05) is 30.7 Å². The number of aliphatic hydroxyl groups excluding tert-OH is 1. The van der Waals surface area contributed by atoms with Crippen LogP contribution in [0.5, 0.6) is 0 Å². The molecule has 0 bridgehead atoms. The van der Waals surface area contributed by atoms with Gasteiger partial charge in [0.05, 0.1) is 12.3 Å². The zero-order valence-corrected chi connectivity index (χ0v) is 12.2. The van der Waals surface area contributed by atoms with Gasteiger partial charge in [0.2, 0.25) is 0 Å². The Labute approximate surface area is 124 Å². The molecule has 0 aliphatic heterocycles. The third-order valence-electron chi connectivity index (χ3n) is 3.11. The average molecular weight is 288 g/mol. The minimum atomic E-state index is -0.217. The molecule has 21 heavy (non-hydrogen) atoms. The second kappa shape index (κ2) is 6.90. The predicted octanol–water partition coefficient (Wildman–Crippen LogP) is 2.11. The van der Waals surface area contributed by atoms with Gasteiger partial charge in [0.25, 0.3) is 0 Å². The molecule has 1 aromatic heterocycles. The predicted molar refractivity (Wildman–Crippen MR) is 81.5 cm³/mol. The van der Waals surface area contributed by atoms with Crippen LogP contribution in [-0.4, -0.2) is 45.0 Å². The Morgan fingerprint density at radius 2 is 2.10 bits per heavy atom. The molecular weight excluding hydrogens is 268 g/mol. The fraction of sp³-hybridized carbons (Fsp3) is 0.333. The van der Waals surface area contributed by atoms with E-state index in [1.54, 1.807) is 15.8 Å². The van der Waals surface area contributed by atoms with Crippen LogP contribution < -0.4 is 5.32 Å². The van der Waals surface area contributed by atoms with Crippen molar-refractivity contribution < 1.29 is 9.90 Å². The fourth-order valence-electron chi connectivity index (χ4n) is 2.02. The molecule has 0 unspecified atom stereocenters. The zero-order valence-electron chi connectivity index (χ0n) is 12.2. The fourth-order valence-corrected chi connectivity index (χ4v) is 2.02. The van der Waals surface area contributed by atoms with Crippen molar-refractivity contribution in [1.29, 1.82) is 0 Å². The maximum atomic E-state index is 12.1. The van der Waals surface area contributed by atoms with Gasteiger partial charge >= 0.3 is 6.03 Å². The van der Waals surface area contributed by atoms with E-state index in [-0.39, 0.29) is 18.7 Å². The van der Waals surface area contributed by atoms with Crippen LogP contribution in [0.1, 0.15) is 13.8 Å². The van der Waals surface area contributed by atoms with E-state index in [1.165, 1.54) is 0 Å². The highest BCUT2D eigenvalue weighted by Crippen LogP contribution is 2.13. The highest BCUT2D eigenvalue weighted by Gasteiger charge is 2.16. The summed E-state index contributed by atoms with van der Waals surface area (Å²) in [6.45, 7) is 4.09. The number of amides is 2. The smallest absolute Gasteiger partial charge is 0.322 e. The van der Waals surface area contributed by atoms with E-state index < -0.39 is 0 Å². The number of hydrogen-bond donors (Lipinski definition) is 2. The Hall–Kier alpha value is -2.34. The number of anilines is 1. The van der Waals surface area contributed by atoms with Crippen molar-refractivity contribution in [1.82, 2.24) is 14.7 Å². The number of urea groups is 1. The summed E-state index contributed by atoms with van der Waals surface area (Å²) in [5.74, 6) is 0. The lowest BCUT2D eigenvalue weighted by Crippen LogP contribution is -2.41. The van der Waals surface area contributed by atoms with Gasteiger partial charge in [-0.3, -0.25) is 0 Å². The van der Waals surface area contributed by atoms with E-state index in [2.05, 4.69) is 10.4 Å². The van der Waals surface area contributed by atoms with Crippen LogP contribution in [0.3, 0.4) is 0 Å². The molecule has 0 fully saturated rings. The molecule has 0 saturated heterocycles. The second-order valence-corrected chi connectivity index (χ2v) is 4.94. The molecule has 0 spiro atoms. The first-order chi connectivity index (χ1) is 10.1. The maximum absolute atomic E-state index is 12.1. The van der Waals surface area contributed by atoms with Crippen LogP contribution in [0.25, 0.3) is 5.69 Å². The number of aromatic nitrogens is 2. The summed E-state index contributed by atoms with van der Waals surface area (Å²) in [5, 5.41) is 16.0. The molecule has 2 rings (SSSR count). The number of benzene rings is 1. The van der Waals surface area contributed by atoms with E-state index in [0.717, 1.165) is 5.69 Å². The molecular formula is C15H20N4O2. The average Bonchev–Trinajstić information content (AvgIpc) is 2.99. The summed E-state index contributed by atoms with van der Waals surface area (Å²) >= 11 is 0. The van der Waals surface area contributed by atoms with Crippen molar-refractivity contribution in [3.63, 3.8) is 0 Å². The van der Waals surface area contributed by atoms with Crippen LogP contribution in [0.15, 0.2) is 42.7 Å². The van der Waals surface area contributed by atoms with Crippen LogP contribution in [0, 0.1) is 0 Å². The Bertz CT molecular complexity index is 564. The van der Waals surface area contributed by atoms with Gasteiger partial charge in [-0.2, -0.15) is 5.10 Å². The Kier molecular flexibility index (Phi) is 4.94. The third kappa shape index (κ3) is 3.82. The number of aliphatic hydroxyl groups is 1. The molecule has 2 aromatic rings. The number of nitrogens with zero attached hydrogens (tertiary/aromatic N) is 3. The molecule has 2 N–H and O–H groups in total. The minimum Gasteiger partial charge on any atom is -0.395 e. The lowest BCUT2D eigenvalue weighted by Gasteiger charge is -2.26. The largest absolute Gasteiger partial charge is 0.395 e. The number of carbonyl (C=O) groups excluding carboxylic acids is 1. The van der Waals surface area contributed by atoms with Crippen LogP contribution in [-0.2, 0) is 0 Å². The highest BCUT2D eigenvalue weighted by atomic mass is 16.3. The molecule has 0 aliphatic carbocycles. The summed E-state index contributed by atoms with van der Waals surface area (Å²) in [7, 11) is 0. The normalized spacial score (nSPS) is 10.7. The van der Waals surface area contributed by atoms with Gasteiger partial charge in [-0.1, -0.05) is 0 Å². The third-order valence-corrected chi connectivity index (χ3v) is 3.11. The monoisotopic (exact) mass is 288 g/mol. The van der Waals surface area contributed by atoms with E-state index in [9.17, 15) is 4.79 Å². The van der Waals surface area contributed by atoms with Crippen molar-refractivity contribution in [3.05, 3.63) is 42.7 Å². The Morgan fingerprint density at radius 1 is 1.38 bits per heavy atom. The highest BCUT2D eigenvalue weighted by molar-refractivity contribution is 5.89. The van der Waals surface area contributed by atoms with Crippen molar-refractivity contribution >= 4 is 11.7 Å². The first kappa shape index (κ1) is 15.1. The van der Waals surface area contributed by atoms with E-state index >= 15 is 0 Å². The van der Waals surface area contributed by atoms with E-state index in [1.807, 2.05) is 50.4 Å². The van der Waals surface area contributed by atoms with Crippen molar-refractivity contribution in [3.8, 4) is 5.69 Å². The van der Waals surface area contributed by atoms with Gasteiger partial charge < -0.3 is 15.3 Å². The summed E-state index contributed by atoms with van der Waals surface area (Å²) in [5.41, 5.74) is 1.63. The molecule has 0 saturated carbocycles. The molecule has 1 aromatic carbocycles. The van der Waals surface area contributed by atoms with Gasteiger partial charge in [-0.05, 0) is 44.2 Å². The van der Waals surface area contributed by atoms with Crippen LogP contribution in [0.4, 0.5) is 10.5 Å². The van der Waals surface area contributed by atoms with E-state index in [4.69, 9.17) is 5.11 Å². The summed E-state index contributed by atoms with van der Waals surface area (Å²) in [6.07, 6.45) is 3.57. The molecule has 6 nitrogen and oxygen atoms in total. The van der Waals surface area contributed by atoms with Crippen LogP contribution in [0.2, 0.25) is 0 Å². The standard InChI is InChI=1S/C15H20N4O2/c1-12(2)18(10-11-20)15(21)17-13-4-6-14(7-5-13)19-9-3-8-16-19/h3-9,12,20H,10-11H2,1-2H3,(H,17,21). The molecule has 112 valence electrons. The Morgan fingerprint density at radius 3 is 2.62 bits per heavy atom. The van der Waals surface area contributed by atoms with Crippen LogP contribution >= 0.6 is 0 Å². The number of rotatable bonds is 5.